The van der Waals surface area contributed by atoms with E-state index >= 15 is 0 Å². The number of nitrogens with zero attached hydrogens (tertiary/aromatic N) is 3. The Labute approximate surface area is 142 Å². The minimum atomic E-state index is -4.44. The highest BCUT2D eigenvalue weighted by Gasteiger charge is 2.30. The third-order valence-electron chi connectivity index (χ3n) is 3.84. The molecule has 0 fully saturated rings. The molecule has 0 bridgehead atoms. The Morgan fingerprint density at radius 3 is 2.76 bits per heavy atom. The SMILES string of the molecule is C[C@@H](C(=O)O)N(C)CCCc1nc(-c2cccc(C(F)(F)F)c2)no1. The summed E-state index contributed by atoms with van der Waals surface area (Å²) in [7, 11) is 1.70. The zero-order valence-electron chi connectivity index (χ0n) is 13.7. The summed E-state index contributed by atoms with van der Waals surface area (Å²) >= 11 is 0. The number of hydrogen-bond acceptors (Lipinski definition) is 5. The summed E-state index contributed by atoms with van der Waals surface area (Å²) in [6, 6.07) is 4.10. The molecule has 0 spiro atoms. The summed E-state index contributed by atoms with van der Waals surface area (Å²) in [6.45, 7) is 2.09. The molecule has 0 saturated heterocycles. The van der Waals surface area contributed by atoms with Crippen LogP contribution in [0.3, 0.4) is 0 Å². The Bertz CT molecular complexity index is 731. The van der Waals surface area contributed by atoms with E-state index in [2.05, 4.69) is 10.1 Å². The average molecular weight is 357 g/mol. The summed E-state index contributed by atoms with van der Waals surface area (Å²) in [5, 5.41) is 12.6. The average Bonchev–Trinajstić information content (AvgIpc) is 3.02. The van der Waals surface area contributed by atoms with Gasteiger partial charge in [0.05, 0.1) is 5.56 Å². The van der Waals surface area contributed by atoms with Crippen LogP contribution in [-0.4, -0.2) is 45.8 Å². The van der Waals surface area contributed by atoms with Crippen LogP contribution in [-0.2, 0) is 17.4 Å². The van der Waals surface area contributed by atoms with Gasteiger partial charge in [-0.1, -0.05) is 17.3 Å². The minimum Gasteiger partial charge on any atom is -0.480 e. The van der Waals surface area contributed by atoms with Gasteiger partial charge in [-0.3, -0.25) is 9.69 Å². The lowest BCUT2D eigenvalue weighted by Gasteiger charge is -2.20. The summed E-state index contributed by atoms with van der Waals surface area (Å²) < 4.78 is 43.3. The molecule has 136 valence electrons. The predicted octanol–water partition coefficient (Wildman–Crippen LogP) is 3.09. The molecule has 1 heterocycles. The molecule has 0 aliphatic heterocycles. The lowest BCUT2D eigenvalue weighted by molar-refractivity contribution is -0.142. The summed E-state index contributed by atoms with van der Waals surface area (Å²) in [5.41, 5.74) is -0.554. The van der Waals surface area contributed by atoms with Crippen molar-refractivity contribution < 1.29 is 27.6 Å². The van der Waals surface area contributed by atoms with E-state index in [-0.39, 0.29) is 11.4 Å². The fourth-order valence-electron chi connectivity index (χ4n) is 2.17. The van der Waals surface area contributed by atoms with Crippen molar-refractivity contribution in [1.29, 1.82) is 0 Å². The number of carboxylic acid groups (broad SMARTS) is 1. The summed E-state index contributed by atoms with van der Waals surface area (Å²) in [5.74, 6) is -0.524. The summed E-state index contributed by atoms with van der Waals surface area (Å²) in [4.78, 5) is 16.6. The third-order valence-corrected chi connectivity index (χ3v) is 3.84. The molecule has 0 radical (unpaired) electrons. The van der Waals surface area contributed by atoms with Gasteiger partial charge >= 0.3 is 12.1 Å². The normalized spacial score (nSPS) is 13.2. The van der Waals surface area contributed by atoms with Gasteiger partial charge in [0.1, 0.15) is 6.04 Å². The molecule has 0 unspecified atom stereocenters. The number of rotatable bonds is 7. The van der Waals surface area contributed by atoms with Crippen LogP contribution in [0.4, 0.5) is 13.2 Å². The molecule has 1 N–H and O–H groups in total. The molecule has 25 heavy (non-hydrogen) atoms. The number of aliphatic carboxylic acids is 1. The molecule has 2 aromatic rings. The quantitative estimate of drug-likeness (QED) is 0.820. The van der Waals surface area contributed by atoms with Gasteiger partial charge in [-0.25, -0.2) is 0 Å². The number of alkyl halides is 3. The maximum Gasteiger partial charge on any atom is 0.416 e. The molecule has 0 aliphatic rings. The van der Waals surface area contributed by atoms with Crippen LogP contribution in [0.15, 0.2) is 28.8 Å². The van der Waals surface area contributed by atoms with Crippen LogP contribution >= 0.6 is 0 Å². The molecule has 9 heteroatoms. The first kappa shape index (κ1) is 18.9. The topological polar surface area (TPSA) is 79.5 Å². The number of carboxylic acids is 1. The zero-order chi connectivity index (χ0) is 18.6. The molecule has 0 amide bonds. The lowest BCUT2D eigenvalue weighted by atomic mass is 10.1. The van der Waals surface area contributed by atoms with Gasteiger partial charge in [-0.15, -0.1) is 0 Å². The Balaban J connectivity index is 1.98. The van der Waals surface area contributed by atoms with Crippen molar-refractivity contribution in [2.45, 2.75) is 32.0 Å². The first-order valence-electron chi connectivity index (χ1n) is 7.61. The Morgan fingerprint density at radius 2 is 2.12 bits per heavy atom. The Hall–Kier alpha value is -2.42. The van der Waals surface area contributed by atoms with E-state index in [0.29, 0.717) is 25.3 Å². The van der Waals surface area contributed by atoms with Crippen LogP contribution in [0.25, 0.3) is 11.4 Å². The highest BCUT2D eigenvalue weighted by molar-refractivity contribution is 5.72. The highest BCUT2D eigenvalue weighted by atomic mass is 19.4. The van der Waals surface area contributed by atoms with E-state index in [1.54, 1.807) is 18.9 Å². The predicted molar refractivity (Wildman–Crippen MR) is 82.8 cm³/mol. The third kappa shape index (κ3) is 5.02. The number of hydrogen-bond donors (Lipinski definition) is 1. The maximum atomic E-state index is 12.7. The number of aryl methyl sites for hydroxylation is 1. The van der Waals surface area contributed by atoms with Crippen molar-refractivity contribution in [2.24, 2.45) is 0 Å². The zero-order valence-corrected chi connectivity index (χ0v) is 13.7. The molecule has 0 aliphatic carbocycles. The van der Waals surface area contributed by atoms with Crippen LogP contribution < -0.4 is 0 Å². The van der Waals surface area contributed by atoms with Crippen LogP contribution in [0.1, 0.15) is 24.8 Å². The van der Waals surface area contributed by atoms with Gasteiger partial charge in [0.25, 0.3) is 0 Å². The Kier molecular flexibility index (Phi) is 5.78. The van der Waals surface area contributed by atoms with Gasteiger partial charge in [-0.05, 0) is 39.1 Å². The molecule has 0 saturated carbocycles. The first-order chi connectivity index (χ1) is 11.7. The molecule has 6 nitrogen and oxygen atoms in total. The van der Waals surface area contributed by atoms with E-state index in [4.69, 9.17) is 9.63 Å². The van der Waals surface area contributed by atoms with E-state index < -0.39 is 23.8 Å². The highest BCUT2D eigenvalue weighted by Crippen LogP contribution is 2.31. The second-order valence-electron chi connectivity index (χ2n) is 5.69. The number of carbonyl (C=O) groups is 1. The van der Waals surface area contributed by atoms with Gasteiger partial charge in [0.2, 0.25) is 11.7 Å². The molecule has 1 aromatic carbocycles. The van der Waals surface area contributed by atoms with Crippen molar-refractivity contribution in [3.63, 3.8) is 0 Å². The smallest absolute Gasteiger partial charge is 0.416 e. The number of halogens is 3. The van der Waals surface area contributed by atoms with E-state index in [1.165, 1.54) is 12.1 Å². The van der Waals surface area contributed by atoms with Gasteiger partial charge in [-0.2, -0.15) is 18.2 Å². The number of benzene rings is 1. The minimum absolute atomic E-state index is 0.0911. The van der Waals surface area contributed by atoms with Gasteiger partial charge in [0.15, 0.2) is 0 Å². The van der Waals surface area contributed by atoms with Crippen LogP contribution in [0.5, 0.6) is 0 Å². The van der Waals surface area contributed by atoms with Crippen molar-refractivity contribution >= 4 is 5.97 Å². The van der Waals surface area contributed by atoms with Crippen LogP contribution in [0.2, 0.25) is 0 Å². The van der Waals surface area contributed by atoms with E-state index in [1.807, 2.05) is 0 Å². The first-order valence-corrected chi connectivity index (χ1v) is 7.61. The second-order valence-corrected chi connectivity index (χ2v) is 5.69. The Morgan fingerprint density at radius 1 is 1.40 bits per heavy atom. The maximum absolute atomic E-state index is 12.7. The number of aromatic nitrogens is 2. The lowest BCUT2D eigenvalue weighted by Crippen LogP contribution is -2.36. The van der Waals surface area contributed by atoms with Crippen molar-refractivity contribution in [2.75, 3.05) is 13.6 Å². The number of likely N-dealkylation sites (N-methyl/N-ethyl adjacent to an activating group) is 1. The van der Waals surface area contributed by atoms with Crippen molar-refractivity contribution in [3.8, 4) is 11.4 Å². The fourth-order valence-corrected chi connectivity index (χ4v) is 2.17. The van der Waals surface area contributed by atoms with Crippen molar-refractivity contribution in [1.82, 2.24) is 15.0 Å². The monoisotopic (exact) mass is 357 g/mol. The largest absolute Gasteiger partial charge is 0.480 e. The van der Waals surface area contributed by atoms with Crippen molar-refractivity contribution in [3.05, 3.63) is 35.7 Å². The second kappa shape index (κ2) is 7.64. The van der Waals surface area contributed by atoms with Gasteiger partial charge in [0, 0.05) is 12.0 Å². The van der Waals surface area contributed by atoms with E-state index in [0.717, 1.165) is 12.1 Å². The molecular weight excluding hydrogens is 339 g/mol. The molecule has 1 atom stereocenters. The molecule has 1 aromatic heterocycles. The molecular formula is C16H18F3N3O3. The fraction of sp³-hybridized carbons (Fsp3) is 0.438. The summed E-state index contributed by atoms with van der Waals surface area (Å²) in [6.07, 6.45) is -3.45. The van der Waals surface area contributed by atoms with E-state index in [9.17, 15) is 18.0 Å². The standard InChI is InChI=1S/C16H18F3N3O3/c1-10(15(23)24)22(2)8-4-7-13-20-14(21-25-13)11-5-3-6-12(9-11)16(17,18)19/h3,5-6,9-10H,4,7-8H2,1-2H3,(H,23,24)/t10-/m0/s1. The van der Waals surface area contributed by atoms with Gasteiger partial charge < -0.3 is 9.63 Å². The van der Waals surface area contributed by atoms with Crippen LogP contribution in [0, 0.1) is 0 Å². The molecule has 2 rings (SSSR count).